The van der Waals surface area contributed by atoms with E-state index in [9.17, 15) is 19.2 Å². The van der Waals surface area contributed by atoms with E-state index in [0.717, 1.165) is 17.9 Å². The summed E-state index contributed by atoms with van der Waals surface area (Å²) in [6.07, 6.45) is 1.86. The van der Waals surface area contributed by atoms with Crippen LogP contribution in [0.2, 0.25) is 0 Å². The summed E-state index contributed by atoms with van der Waals surface area (Å²) in [5, 5.41) is 17.4. The minimum Gasteiger partial charge on any atom is -0.494 e. The number of oxime groups is 1. The summed E-state index contributed by atoms with van der Waals surface area (Å²) in [5.74, 6) is -0.132. The van der Waals surface area contributed by atoms with Crippen LogP contribution in [0, 0.1) is 18.7 Å². The molecular weight excluding hydrogens is 483 g/mol. The molecule has 0 spiro atoms. The van der Waals surface area contributed by atoms with E-state index in [1.807, 2.05) is 0 Å². The first-order chi connectivity index (χ1) is 17.8. The molecule has 0 radical (unpaired) electrons. The second-order valence-electron chi connectivity index (χ2n) is 9.05. The van der Waals surface area contributed by atoms with Gasteiger partial charge in [0.25, 0.3) is 5.91 Å². The summed E-state index contributed by atoms with van der Waals surface area (Å²) in [4.78, 5) is 41.0. The lowest BCUT2D eigenvalue weighted by atomic mass is 9.88. The number of amides is 3. The van der Waals surface area contributed by atoms with E-state index in [4.69, 9.17) is 9.57 Å². The Kier molecular flexibility index (Phi) is 8.17. The lowest BCUT2D eigenvalue weighted by molar-refractivity contribution is -0.0580. The van der Waals surface area contributed by atoms with Crippen molar-refractivity contribution < 1.29 is 28.8 Å². The number of aromatic nitrogens is 2. The van der Waals surface area contributed by atoms with Crippen LogP contribution in [0.5, 0.6) is 5.75 Å². The van der Waals surface area contributed by atoms with Gasteiger partial charge in [0, 0.05) is 38.5 Å². The molecule has 0 saturated carbocycles. The van der Waals surface area contributed by atoms with Gasteiger partial charge in [-0.05, 0) is 50.5 Å². The highest BCUT2D eigenvalue weighted by atomic mass is 19.1. The zero-order valence-corrected chi connectivity index (χ0v) is 21.1. The van der Waals surface area contributed by atoms with Crippen LogP contribution in [0.3, 0.4) is 0 Å². The summed E-state index contributed by atoms with van der Waals surface area (Å²) >= 11 is 0. The van der Waals surface area contributed by atoms with E-state index in [-0.39, 0.29) is 42.6 Å². The van der Waals surface area contributed by atoms with Gasteiger partial charge in [0.15, 0.2) is 11.6 Å². The fourth-order valence-corrected chi connectivity index (χ4v) is 4.48. The summed E-state index contributed by atoms with van der Waals surface area (Å²) in [5.41, 5.74) is 2.04. The van der Waals surface area contributed by atoms with Crippen LogP contribution >= 0.6 is 0 Å². The Morgan fingerprint density at radius 1 is 1.27 bits per heavy atom. The van der Waals surface area contributed by atoms with Crippen molar-refractivity contribution in [1.29, 1.82) is 0 Å². The average Bonchev–Trinajstić information content (AvgIpc) is 3.42. The Morgan fingerprint density at radius 2 is 2.03 bits per heavy atom. The van der Waals surface area contributed by atoms with Gasteiger partial charge in [0.05, 0.1) is 12.8 Å². The molecule has 12 heteroatoms. The predicted octanol–water partition coefficient (Wildman–Crippen LogP) is 2.90. The Bertz CT molecular complexity index is 1180. The molecule has 2 N–H and O–H groups in total. The first-order valence-electron chi connectivity index (χ1n) is 12.2. The number of aryl methyl sites for hydroxylation is 1. The van der Waals surface area contributed by atoms with E-state index >= 15 is 0 Å². The maximum absolute atomic E-state index is 13.6. The van der Waals surface area contributed by atoms with Crippen molar-refractivity contribution in [2.75, 3.05) is 26.7 Å². The van der Waals surface area contributed by atoms with Crippen LogP contribution in [-0.2, 0) is 11.4 Å². The van der Waals surface area contributed by atoms with Crippen molar-refractivity contribution in [3.05, 3.63) is 52.9 Å². The van der Waals surface area contributed by atoms with Crippen LogP contribution in [-0.4, -0.2) is 75.6 Å². The Morgan fingerprint density at radius 3 is 2.73 bits per heavy atom. The summed E-state index contributed by atoms with van der Waals surface area (Å²) < 4.78 is 18.6. The monoisotopic (exact) mass is 514 g/mol. The van der Waals surface area contributed by atoms with Gasteiger partial charge in [-0.3, -0.25) is 10.0 Å². The third-order valence-electron chi connectivity index (χ3n) is 6.58. The molecule has 1 unspecified atom stereocenters. The lowest BCUT2D eigenvalue weighted by Gasteiger charge is -2.34. The minimum atomic E-state index is -0.473. The molecule has 1 fully saturated rings. The van der Waals surface area contributed by atoms with Crippen molar-refractivity contribution in [3.63, 3.8) is 0 Å². The molecule has 37 heavy (non-hydrogen) atoms. The van der Waals surface area contributed by atoms with Gasteiger partial charge in [0.2, 0.25) is 0 Å². The highest BCUT2D eigenvalue weighted by Gasteiger charge is 2.35. The smallest absolute Gasteiger partial charge is 0.343 e. The minimum absolute atomic E-state index is 0.106. The maximum atomic E-state index is 13.6. The molecule has 1 atom stereocenters. The molecule has 1 aromatic heterocycles. The van der Waals surface area contributed by atoms with E-state index < -0.39 is 11.7 Å². The number of benzene rings is 1. The Labute approximate surface area is 214 Å². The summed E-state index contributed by atoms with van der Waals surface area (Å²) in [6.45, 7) is 4.89. The van der Waals surface area contributed by atoms with Crippen molar-refractivity contribution >= 4 is 17.6 Å². The number of hydroxylamine groups is 2. The number of ether oxygens (including phenoxy) is 1. The molecule has 3 heterocycles. The number of likely N-dealkylation sites (tertiary alicyclic amines) is 1. The summed E-state index contributed by atoms with van der Waals surface area (Å²) in [7, 11) is 1.38. The van der Waals surface area contributed by atoms with Gasteiger partial charge in [0.1, 0.15) is 23.3 Å². The van der Waals surface area contributed by atoms with Crippen LogP contribution in [0.1, 0.15) is 53.8 Å². The third kappa shape index (κ3) is 6.13. The van der Waals surface area contributed by atoms with Crippen molar-refractivity contribution in [2.24, 2.45) is 11.1 Å². The molecule has 3 amide bonds. The molecule has 2 aliphatic rings. The normalized spacial score (nSPS) is 17.7. The molecule has 198 valence electrons. The zero-order valence-electron chi connectivity index (χ0n) is 21.1. The number of methoxy groups -OCH3 is 1. The molecule has 2 aromatic rings. The lowest BCUT2D eigenvalue weighted by Crippen LogP contribution is -2.46. The molecular formula is C25H31FN6O5. The van der Waals surface area contributed by atoms with Gasteiger partial charge in [-0.15, -0.1) is 0 Å². The number of nitrogens with zero attached hydrogens (tertiary/aromatic N) is 5. The number of piperidine rings is 1. The standard InChI is InChI=1S/C25H31FN6O5/c1-4-32(35)25(34)31-9-7-17(8-10-31)22-13-20(30-37-22)19-12-21(29-15(2)28-19)24(33)27-14-16-5-6-18(26)23(11-16)36-3/h5-6,11-12,17,22,35H,4,7-10,13-14H2,1-3H3,(H,27,33). The second kappa shape index (κ2) is 11.5. The van der Waals surface area contributed by atoms with Crippen LogP contribution in [0.15, 0.2) is 29.4 Å². The van der Waals surface area contributed by atoms with Gasteiger partial charge in [-0.2, -0.15) is 0 Å². The van der Waals surface area contributed by atoms with Crippen LogP contribution in [0.4, 0.5) is 9.18 Å². The number of hydrogen-bond acceptors (Lipinski definition) is 8. The van der Waals surface area contributed by atoms with Gasteiger partial charge in [-0.25, -0.2) is 24.2 Å². The highest BCUT2D eigenvalue weighted by molar-refractivity contribution is 6.01. The first kappa shape index (κ1) is 26.3. The van der Waals surface area contributed by atoms with Crippen molar-refractivity contribution in [1.82, 2.24) is 25.2 Å². The number of rotatable bonds is 7. The molecule has 4 rings (SSSR count). The third-order valence-corrected chi connectivity index (χ3v) is 6.58. The zero-order chi connectivity index (χ0) is 26.5. The van der Waals surface area contributed by atoms with E-state index in [0.29, 0.717) is 42.3 Å². The first-order valence-corrected chi connectivity index (χ1v) is 12.2. The van der Waals surface area contributed by atoms with Gasteiger partial charge in [-0.1, -0.05) is 11.2 Å². The van der Waals surface area contributed by atoms with Crippen molar-refractivity contribution in [3.8, 4) is 5.75 Å². The average molecular weight is 515 g/mol. The van der Waals surface area contributed by atoms with Gasteiger partial charge < -0.3 is 19.8 Å². The van der Waals surface area contributed by atoms with E-state index in [1.165, 1.54) is 19.2 Å². The number of nitrogens with one attached hydrogen (secondary N) is 1. The fraction of sp³-hybridized carbons (Fsp3) is 0.480. The number of hydrogen-bond donors (Lipinski definition) is 2. The number of carbonyl (C=O) groups is 2. The van der Waals surface area contributed by atoms with Gasteiger partial charge >= 0.3 is 6.03 Å². The predicted molar refractivity (Wildman–Crippen MR) is 131 cm³/mol. The molecule has 0 bridgehead atoms. The van der Waals surface area contributed by atoms with E-state index in [2.05, 4.69) is 20.4 Å². The topological polar surface area (TPSA) is 129 Å². The summed E-state index contributed by atoms with van der Waals surface area (Å²) in [6, 6.07) is 5.59. The number of halogens is 1. The fourth-order valence-electron chi connectivity index (χ4n) is 4.48. The maximum Gasteiger partial charge on any atom is 0.343 e. The van der Waals surface area contributed by atoms with Crippen LogP contribution in [0.25, 0.3) is 0 Å². The molecule has 11 nitrogen and oxygen atoms in total. The van der Waals surface area contributed by atoms with E-state index in [1.54, 1.807) is 30.9 Å². The molecule has 1 aromatic carbocycles. The number of carbonyl (C=O) groups excluding carboxylic acids is 2. The Balaban J connectivity index is 1.35. The second-order valence-corrected chi connectivity index (χ2v) is 9.05. The molecule has 2 aliphatic heterocycles. The SMILES string of the molecule is CCN(O)C(=O)N1CCC(C2CC(c3cc(C(=O)NCc4ccc(F)c(OC)c4)nc(C)n3)=NO2)CC1. The number of urea groups is 1. The van der Waals surface area contributed by atoms with Crippen LogP contribution < -0.4 is 10.1 Å². The molecule has 1 saturated heterocycles. The highest BCUT2D eigenvalue weighted by Crippen LogP contribution is 2.30. The molecule has 0 aliphatic carbocycles. The largest absolute Gasteiger partial charge is 0.494 e. The van der Waals surface area contributed by atoms with Crippen molar-refractivity contribution in [2.45, 2.75) is 45.8 Å². The Hall–Kier alpha value is -3.80. The quantitative estimate of drug-likeness (QED) is 0.429.